The Hall–Kier alpha value is -2.70. The molecule has 3 aromatic heterocycles. The van der Waals surface area contributed by atoms with Crippen LogP contribution in [0.25, 0.3) is 10.6 Å². The smallest absolute Gasteiger partial charge is 0.280 e. The van der Waals surface area contributed by atoms with Gasteiger partial charge in [0, 0.05) is 36.9 Å². The molecule has 37 heavy (non-hydrogen) atoms. The van der Waals surface area contributed by atoms with Crippen molar-refractivity contribution in [2.75, 3.05) is 25.0 Å². The number of hydrogen-bond donors (Lipinski definition) is 2. The van der Waals surface area contributed by atoms with Crippen LogP contribution in [0.1, 0.15) is 35.3 Å². The summed E-state index contributed by atoms with van der Waals surface area (Å²) in [6.07, 6.45) is 6.91. The molecule has 200 valence electrons. The standard InChI is InChI=1S/C19H19FN6O4S2.C3H7O.Cr/c1-2-30-16-10-21-7-13(25-16)15-9-24-19(31-15)18(27)23-8-14-17(20)12(5-6-22-14)26-32(28,29)11-3-4-11;1-3-4-2;/h5-7,9-11H,2-4,8H2,1H3,(H,22,26)(H,23,27);1,3H2,2H3;/q;-1;. The van der Waals surface area contributed by atoms with E-state index in [-0.39, 0.29) is 40.3 Å². The van der Waals surface area contributed by atoms with E-state index in [1.54, 1.807) is 7.11 Å². The largest absolute Gasteiger partial charge is 0.477 e. The summed E-state index contributed by atoms with van der Waals surface area (Å²) in [4.78, 5) is 29.4. The summed E-state index contributed by atoms with van der Waals surface area (Å²) in [5, 5.41) is 2.20. The Labute approximate surface area is 229 Å². The Bertz CT molecular complexity index is 1290. The molecule has 3 aromatic rings. The molecule has 11 nitrogen and oxygen atoms in total. The molecule has 0 bridgehead atoms. The summed E-state index contributed by atoms with van der Waals surface area (Å²) in [6, 6.07) is 1.24. The molecule has 0 saturated heterocycles. The Kier molecular flexibility index (Phi) is 11.8. The van der Waals surface area contributed by atoms with Crippen LogP contribution in [0.4, 0.5) is 10.1 Å². The van der Waals surface area contributed by atoms with E-state index < -0.39 is 27.0 Å². The molecule has 4 rings (SSSR count). The van der Waals surface area contributed by atoms with E-state index in [9.17, 15) is 17.6 Å². The third-order valence-corrected chi connectivity index (χ3v) is 7.53. The van der Waals surface area contributed by atoms with Gasteiger partial charge in [0.25, 0.3) is 5.91 Å². The van der Waals surface area contributed by atoms with E-state index in [0.717, 1.165) is 11.3 Å². The van der Waals surface area contributed by atoms with Gasteiger partial charge in [0.1, 0.15) is 5.69 Å². The van der Waals surface area contributed by atoms with Crippen molar-refractivity contribution in [2.24, 2.45) is 0 Å². The van der Waals surface area contributed by atoms with Crippen molar-refractivity contribution in [1.29, 1.82) is 0 Å². The predicted molar refractivity (Wildman–Crippen MR) is 132 cm³/mol. The molecule has 3 heterocycles. The quantitative estimate of drug-likeness (QED) is 0.341. The van der Waals surface area contributed by atoms with Gasteiger partial charge in [-0.3, -0.25) is 19.5 Å². The molecular weight excluding hydrogens is 563 g/mol. The van der Waals surface area contributed by atoms with Crippen LogP contribution in [0.5, 0.6) is 5.88 Å². The fraction of sp³-hybridized carbons (Fsp3) is 0.364. The zero-order valence-corrected chi connectivity index (χ0v) is 23.0. The molecule has 0 aliphatic heterocycles. The van der Waals surface area contributed by atoms with E-state index in [4.69, 9.17) is 4.74 Å². The van der Waals surface area contributed by atoms with Crippen LogP contribution >= 0.6 is 11.3 Å². The first-order valence-electron chi connectivity index (χ1n) is 10.9. The SMILES string of the molecule is CCOc1cncc(-c2cnc(C(=O)NCc3nccc(NS(=O)(=O)C4CC4)c3F)s2)n1.[CH2-]COC.[Cr]. The van der Waals surface area contributed by atoms with Crippen molar-refractivity contribution in [1.82, 2.24) is 25.3 Å². The molecule has 0 atom stereocenters. The number of hydrogen-bond acceptors (Lipinski definition) is 10. The van der Waals surface area contributed by atoms with Gasteiger partial charge in [0.05, 0.1) is 47.1 Å². The summed E-state index contributed by atoms with van der Waals surface area (Å²) >= 11 is 1.09. The predicted octanol–water partition coefficient (Wildman–Crippen LogP) is 2.83. The van der Waals surface area contributed by atoms with Crippen LogP contribution in [0.15, 0.2) is 30.9 Å². The average molecular weight is 590 g/mol. The van der Waals surface area contributed by atoms with Gasteiger partial charge >= 0.3 is 0 Å². The first-order valence-corrected chi connectivity index (χ1v) is 13.3. The van der Waals surface area contributed by atoms with Crippen LogP contribution in [0.3, 0.4) is 0 Å². The second-order valence-corrected chi connectivity index (χ2v) is 10.3. The molecule has 0 unspecified atom stereocenters. The number of ether oxygens (including phenoxy) is 2. The van der Waals surface area contributed by atoms with Crippen molar-refractivity contribution in [3.63, 3.8) is 0 Å². The normalized spacial score (nSPS) is 12.5. The number of aromatic nitrogens is 4. The van der Waals surface area contributed by atoms with E-state index in [1.165, 1.54) is 30.9 Å². The maximum absolute atomic E-state index is 14.7. The van der Waals surface area contributed by atoms with Crippen molar-refractivity contribution in [3.8, 4) is 16.5 Å². The molecule has 15 heteroatoms. The average Bonchev–Trinajstić information content (AvgIpc) is 3.63. The van der Waals surface area contributed by atoms with E-state index in [1.807, 2.05) is 6.92 Å². The summed E-state index contributed by atoms with van der Waals surface area (Å²) in [5.41, 5.74) is 0.220. The van der Waals surface area contributed by atoms with Crippen LogP contribution in [0, 0.1) is 12.7 Å². The topological polar surface area (TPSA) is 145 Å². The van der Waals surface area contributed by atoms with Crippen molar-refractivity contribution >= 4 is 33.0 Å². The first kappa shape index (κ1) is 30.5. The van der Waals surface area contributed by atoms with Crippen LogP contribution in [0.2, 0.25) is 0 Å². The number of pyridine rings is 1. The number of carbonyl (C=O) groups excluding carboxylic acids is 1. The van der Waals surface area contributed by atoms with Gasteiger partial charge in [-0.05, 0) is 25.8 Å². The number of amides is 1. The van der Waals surface area contributed by atoms with Gasteiger partial charge in [0.15, 0.2) is 10.8 Å². The molecular formula is C22H26CrFN6O5S2-. The molecule has 1 aliphatic carbocycles. The summed E-state index contributed by atoms with van der Waals surface area (Å²) in [7, 11) is -2.00. The molecule has 1 saturated carbocycles. The summed E-state index contributed by atoms with van der Waals surface area (Å²) < 4.78 is 50.8. The fourth-order valence-electron chi connectivity index (χ4n) is 2.73. The molecule has 2 N–H and O–H groups in total. The van der Waals surface area contributed by atoms with Gasteiger partial charge in [0.2, 0.25) is 15.9 Å². The first-order chi connectivity index (χ1) is 17.3. The van der Waals surface area contributed by atoms with Crippen LogP contribution in [-0.2, 0) is 38.7 Å². The zero-order chi connectivity index (χ0) is 26.1. The third-order valence-electron chi connectivity index (χ3n) is 4.65. The number of nitrogens with zero attached hydrogens (tertiary/aromatic N) is 4. The Morgan fingerprint density at radius 1 is 1.27 bits per heavy atom. The second kappa shape index (κ2) is 14.3. The van der Waals surface area contributed by atoms with Gasteiger partial charge in [-0.1, -0.05) is 6.61 Å². The molecule has 0 radical (unpaired) electrons. The fourth-order valence-corrected chi connectivity index (χ4v) is 4.90. The molecule has 1 fully saturated rings. The van der Waals surface area contributed by atoms with Crippen molar-refractivity contribution < 1.29 is 44.4 Å². The molecule has 0 spiro atoms. The minimum Gasteiger partial charge on any atom is -0.477 e. The second-order valence-electron chi connectivity index (χ2n) is 7.35. The molecule has 1 amide bonds. The van der Waals surface area contributed by atoms with Gasteiger partial charge in [-0.25, -0.2) is 22.8 Å². The Morgan fingerprint density at radius 3 is 2.65 bits per heavy atom. The Morgan fingerprint density at radius 2 is 2.00 bits per heavy atom. The maximum atomic E-state index is 14.7. The van der Waals surface area contributed by atoms with Gasteiger partial charge in [-0.15, -0.1) is 11.3 Å². The zero-order valence-electron chi connectivity index (χ0n) is 20.1. The minimum absolute atomic E-state index is 0. The number of anilines is 1. The minimum atomic E-state index is -3.62. The van der Waals surface area contributed by atoms with E-state index in [0.29, 0.717) is 42.5 Å². The third kappa shape index (κ3) is 8.68. The maximum Gasteiger partial charge on any atom is 0.280 e. The van der Waals surface area contributed by atoms with Crippen LogP contribution < -0.4 is 14.8 Å². The number of rotatable bonds is 10. The van der Waals surface area contributed by atoms with E-state index in [2.05, 4.69) is 41.6 Å². The number of methoxy groups -OCH3 is 1. The van der Waals surface area contributed by atoms with Crippen LogP contribution in [-0.4, -0.2) is 59.8 Å². The van der Waals surface area contributed by atoms with Crippen molar-refractivity contribution in [3.05, 3.63) is 54.3 Å². The number of sulfonamides is 1. The van der Waals surface area contributed by atoms with Gasteiger partial charge in [-0.2, -0.15) is 0 Å². The number of halogens is 1. The van der Waals surface area contributed by atoms with E-state index >= 15 is 0 Å². The van der Waals surface area contributed by atoms with Gasteiger partial charge < -0.3 is 21.7 Å². The summed E-state index contributed by atoms with van der Waals surface area (Å²) in [6.45, 7) is 5.99. The molecule has 0 aromatic carbocycles. The molecule has 1 aliphatic rings. The number of thiazole rings is 1. The number of carbonyl (C=O) groups is 1. The Balaban J connectivity index is 0.000000898. The van der Waals surface area contributed by atoms with Crippen molar-refractivity contribution in [2.45, 2.75) is 31.6 Å². The number of nitrogens with one attached hydrogen (secondary N) is 2. The monoisotopic (exact) mass is 589 g/mol. The summed E-state index contributed by atoms with van der Waals surface area (Å²) in [5.74, 6) is -0.997.